The number of rotatable bonds is 9. The molecule has 1 aromatic heterocycles. The summed E-state index contributed by atoms with van der Waals surface area (Å²) >= 11 is 1.72. The van der Waals surface area contributed by atoms with E-state index in [1.807, 2.05) is 36.4 Å². The van der Waals surface area contributed by atoms with Crippen molar-refractivity contribution in [3.8, 4) is 5.69 Å². The lowest BCUT2D eigenvalue weighted by molar-refractivity contribution is -0.192. The molecule has 1 aliphatic heterocycles. The number of aliphatic carboxylic acids is 1. The summed E-state index contributed by atoms with van der Waals surface area (Å²) in [5.41, 5.74) is 3.60. The Hall–Kier alpha value is -3.64. The van der Waals surface area contributed by atoms with Crippen molar-refractivity contribution in [2.45, 2.75) is 61.7 Å². The van der Waals surface area contributed by atoms with Crippen molar-refractivity contribution in [3.05, 3.63) is 87.8 Å². The van der Waals surface area contributed by atoms with Gasteiger partial charge in [0.2, 0.25) is 5.91 Å². The van der Waals surface area contributed by atoms with Crippen LogP contribution in [0.1, 0.15) is 42.5 Å². The average Bonchev–Trinajstić information content (AvgIpc) is 2.95. The molecule has 2 heterocycles. The number of amides is 1. The fraction of sp³-hybridized carbons (Fsp3) is 0.400. The Kier molecular flexibility index (Phi) is 10.8. The topological polar surface area (TPSA) is 105 Å². The van der Waals surface area contributed by atoms with Crippen LogP contribution < -0.4 is 10.9 Å². The van der Waals surface area contributed by atoms with E-state index in [1.165, 1.54) is 24.8 Å². The number of nitrogens with one attached hydrogen (secondary N) is 1. The highest BCUT2D eigenvalue weighted by Gasteiger charge is 2.38. The van der Waals surface area contributed by atoms with Gasteiger partial charge in [-0.3, -0.25) is 14.2 Å². The lowest BCUT2D eigenvalue weighted by Crippen LogP contribution is -2.44. The highest BCUT2D eigenvalue weighted by Crippen LogP contribution is 2.36. The number of nitrogens with zero attached hydrogens (tertiary/aromatic N) is 3. The molecule has 0 spiro atoms. The molecule has 12 heteroatoms. The summed E-state index contributed by atoms with van der Waals surface area (Å²) in [5.74, 6) is -2.72. The van der Waals surface area contributed by atoms with E-state index in [2.05, 4.69) is 29.6 Å². The third-order valence-electron chi connectivity index (χ3n) is 7.07. The monoisotopic (exact) mass is 602 g/mol. The van der Waals surface area contributed by atoms with Gasteiger partial charge < -0.3 is 15.3 Å². The summed E-state index contributed by atoms with van der Waals surface area (Å²) in [4.78, 5) is 42.2. The standard InChI is InChI=1S/C28H32N4O2S.C2HF3O2/c33-26(19-29-17-8-11-21-9-3-1-4-10-21)31-18-16-25-24(20-31)27(34)32(22-12-5-2-6-13-22)28(30-25)35-23-14-7-15-23;3-2(4,5)1(6)7/h1-6,9-10,12-13,23,29H,7-8,11,14-20H2;(H,6,7). The molecule has 2 N–H and O–H groups in total. The van der Waals surface area contributed by atoms with Gasteiger partial charge in [-0.15, -0.1) is 0 Å². The molecule has 1 fully saturated rings. The number of hydrogen-bond donors (Lipinski definition) is 2. The van der Waals surface area contributed by atoms with E-state index < -0.39 is 12.1 Å². The molecule has 8 nitrogen and oxygen atoms in total. The van der Waals surface area contributed by atoms with Crippen LogP contribution >= 0.6 is 11.8 Å². The van der Waals surface area contributed by atoms with Gasteiger partial charge in [0.15, 0.2) is 5.16 Å². The highest BCUT2D eigenvalue weighted by atomic mass is 32.2. The molecule has 2 aromatic carbocycles. The predicted octanol–water partition coefficient (Wildman–Crippen LogP) is 4.62. The second kappa shape index (κ2) is 14.5. The minimum absolute atomic E-state index is 0.0361. The third-order valence-corrected chi connectivity index (χ3v) is 8.36. The molecule has 2 aliphatic rings. The second-order valence-corrected chi connectivity index (χ2v) is 11.4. The van der Waals surface area contributed by atoms with Crippen LogP contribution in [0.5, 0.6) is 0 Å². The van der Waals surface area contributed by atoms with E-state index in [-0.39, 0.29) is 11.5 Å². The van der Waals surface area contributed by atoms with Crippen molar-refractivity contribution in [3.63, 3.8) is 0 Å². The zero-order valence-corrected chi connectivity index (χ0v) is 23.8. The molecule has 0 unspecified atom stereocenters. The number of fused-ring (bicyclic) bond motifs is 1. The van der Waals surface area contributed by atoms with Crippen molar-refractivity contribution in [1.29, 1.82) is 0 Å². The van der Waals surface area contributed by atoms with E-state index in [0.29, 0.717) is 36.9 Å². The molecular formula is C30H33F3N4O4S. The Balaban J connectivity index is 0.000000517. The van der Waals surface area contributed by atoms with Gasteiger partial charge in [0, 0.05) is 18.2 Å². The minimum atomic E-state index is -5.08. The SMILES string of the molecule is O=C(CNCCCc1ccccc1)N1CCc2nc(SC3CCC3)n(-c3ccccc3)c(=O)c2C1.O=C(O)C(F)(F)F. The summed E-state index contributed by atoms with van der Waals surface area (Å²) in [5, 5.41) is 11.7. The van der Waals surface area contributed by atoms with Gasteiger partial charge in [-0.05, 0) is 49.9 Å². The molecule has 42 heavy (non-hydrogen) atoms. The highest BCUT2D eigenvalue weighted by molar-refractivity contribution is 7.99. The van der Waals surface area contributed by atoms with Gasteiger partial charge in [0.25, 0.3) is 5.56 Å². The number of para-hydroxylation sites is 1. The van der Waals surface area contributed by atoms with Crippen LogP contribution in [-0.2, 0) is 29.0 Å². The van der Waals surface area contributed by atoms with Gasteiger partial charge in [0.05, 0.1) is 30.0 Å². The van der Waals surface area contributed by atoms with Crippen LogP contribution in [0.3, 0.4) is 0 Å². The van der Waals surface area contributed by atoms with Gasteiger partial charge >= 0.3 is 12.1 Å². The summed E-state index contributed by atoms with van der Waals surface area (Å²) in [6, 6.07) is 20.1. The first-order valence-corrected chi connectivity index (χ1v) is 14.7. The average molecular weight is 603 g/mol. The summed E-state index contributed by atoms with van der Waals surface area (Å²) < 4.78 is 33.5. The van der Waals surface area contributed by atoms with E-state index in [1.54, 1.807) is 21.2 Å². The zero-order valence-electron chi connectivity index (χ0n) is 23.0. The molecule has 1 aliphatic carbocycles. The van der Waals surface area contributed by atoms with Crippen LogP contribution in [-0.4, -0.2) is 62.5 Å². The zero-order chi connectivity index (χ0) is 30.1. The van der Waals surface area contributed by atoms with Crippen molar-refractivity contribution in [2.24, 2.45) is 0 Å². The Morgan fingerprint density at radius 3 is 2.29 bits per heavy atom. The molecule has 1 amide bonds. The van der Waals surface area contributed by atoms with Crippen molar-refractivity contribution < 1.29 is 27.9 Å². The first-order chi connectivity index (χ1) is 20.1. The number of alkyl halides is 3. The van der Waals surface area contributed by atoms with Crippen molar-refractivity contribution >= 4 is 23.6 Å². The molecule has 0 saturated heterocycles. The summed E-state index contributed by atoms with van der Waals surface area (Å²) in [7, 11) is 0. The Morgan fingerprint density at radius 1 is 1.05 bits per heavy atom. The maximum atomic E-state index is 13.7. The van der Waals surface area contributed by atoms with Crippen LogP contribution in [0, 0.1) is 0 Å². The summed E-state index contributed by atoms with van der Waals surface area (Å²) in [6.45, 7) is 2.01. The molecule has 3 aromatic rings. The van der Waals surface area contributed by atoms with Crippen molar-refractivity contribution in [2.75, 3.05) is 19.6 Å². The predicted molar refractivity (Wildman–Crippen MR) is 154 cm³/mol. The summed E-state index contributed by atoms with van der Waals surface area (Å²) in [6.07, 6.45) is 1.10. The largest absolute Gasteiger partial charge is 0.490 e. The quantitative estimate of drug-likeness (QED) is 0.272. The van der Waals surface area contributed by atoms with E-state index >= 15 is 0 Å². The number of carboxylic acid groups (broad SMARTS) is 1. The van der Waals surface area contributed by atoms with Crippen molar-refractivity contribution in [1.82, 2.24) is 19.8 Å². The molecule has 0 bridgehead atoms. The van der Waals surface area contributed by atoms with Crippen LogP contribution in [0.2, 0.25) is 0 Å². The first kappa shape index (κ1) is 31.3. The molecule has 0 radical (unpaired) electrons. The number of benzene rings is 2. The van der Waals surface area contributed by atoms with Gasteiger partial charge in [-0.2, -0.15) is 13.2 Å². The Morgan fingerprint density at radius 2 is 1.69 bits per heavy atom. The first-order valence-electron chi connectivity index (χ1n) is 13.8. The third kappa shape index (κ3) is 8.45. The van der Waals surface area contributed by atoms with E-state index in [4.69, 9.17) is 14.9 Å². The molecule has 1 saturated carbocycles. The smallest absolute Gasteiger partial charge is 0.475 e. The Labute approximate surface area is 246 Å². The fourth-order valence-corrected chi connectivity index (χ4v) is 5.88. The minimum Gasteiger partial charge on any atom is -0.475 e. The number of halogens is 3. The van der Waals surface area contributed by atoms with Crippen LogP contribution in [0.15, 0.2) is 70.6 Å². The van der Waals surface area contributed by atoms with E-state index in [9.17, 15) is 22.8 Å². The Bertz CT molecular complexity index is 1410. The molecule has 224 valence electrons. The second-order valence-electron chi connectivity index (χ2n) is 10.1. The molecule has 0 atom stereocenters. The van der Waals surface area contributed by atoms with Gasteiger partial charge in [-0.1, -0.05) is 66.7 Å². The number of hydrogen-bond acceptors (Lipinski definition) is 6. The maximum absolute atomic E-state index is 13.7. The lowest BCUT2D eigenvalue weighted by Gasteiger charge is -2.30. The van der Waals surface area contributed by atoms with E-state index in [0.717, 1.165) is 35.9 Å². The lowest BCUT2D eigenvalue weighted by atomic mass is 10.0. The van der Waals surface area contributed by atoms with Crippen LogP contribution in [0.25, 0.3) is 5.69 Å². The number of aromatic nitrogens is 2. The van der Waals surface area contributed by atoms with Crippen LogP contribution in [0.4, 0.5) is 13.2 Å². The molecule has 5 rings (SSSR count). The molecular weight excluding hydrogens is 569 g/mol. The normalized spacial score (nSPS) is 14.8. The fourth-order valence-electron chi connectivity index (χ4n) is 4.56. The number of carbonyl (C=O) groups excluding carboxylic acids is 1. The van der Waals surface area contributed by atoms with Gasteiger partial charge in [-0.25, -0.2) is 9.78 Å². The number of aryl methyl sites for hydroxylation is 1. The van der Waals surface area contributed by atoms with Gasteiger partial charge in [0.1, 0.15) is 0 Å². The number of carboxylic acids is 1. The maximum Gasteiger partial charge on any atom is 0.490 e. The number of carbonyl (C=O) groups is 2. The number of thioether (sulfide) groups is 1.